The monoisotopic (exact) mass is 361 g/mol. The van der Waals surface area contributed by atoms with Crippen LogP contribution in [0.3, 0.4) is 0 Å². The third kappa shape index (κ3) is 6.32. The zero-order valence-electron chi connectivity index (χ0n) is 14.4. The maximum absolute atomic E-state index is 12.5. The highest BCUT2D eigenvalue weighted by Crippen LogP contribution is 2.20. The van der Waals surface area contributed by atoms with Crippen LogP contribution in [0.5, 0.6) is 0 Å². The van der Waals surface area contributed by atoms with Gasteiger partial charge in [0.1, 0.15) is 0 Å². The second-order valence-electron chi connectivity index (χ2n) is 5.83. The van der Waals surface area contributed by atoms with E-state index in [-0.39, 0.29) is 18.8 Å². The Morgan fingerprint density at radius 1 is 1.08 bits per heavy atom. The van der Waals surface area contributed by atoms with Gasteiger partial charge in [0.2, 0.25) is 10.0 Å². The van der Waals surface area contributed by atoms with Crippen molar-refractivity contribution >= 4 is 16.0 Å². The van der Waals surface area contributed by atoms with Gasteiger partial charge in [-0.2, -0.15) is 0 Å². The van der Waals surface area contributed by atoms with Crippen molar-refractivity contribution < 1.29 is 17.9 Å². The lowest BCUT2D eigenvalue weighted by Gasteiger charge is -2.19. The Kier molecular flexibility index (Phi) is 6.73. The Labute approximate surface area is 149 Å². The molecule has 0 aliphatic heterocycles. The van der Waals surface area contributed by atoms with Gasteiger partial charge in [0.25, 0.3) is 0 Å². The number of aryl methyl sites for hydroxylation is 1. The van der Waals surface area contributed by atoms with E-state index in [2.05, 4.69) is 4.72 Å². The molecule has 1 atom stereocenters. The predicted molar refractivity (Wildman–Crippen MR) is 97.4 cm³/mol. The normalized spacial score (nSPS) is 12.6. The zero-order valence-corrected chi connectivity index (χ0v) is 15.3. The average Bonchev–Trinajstić information content (AvgIpc) is 2.55. The molecular formula is C19H23NO4S. The zero-order chi connectivity index (χ0) is 18.3. The van der Waals surface area contributed by atoms with Gasteiger partial charge in [0, 0.05) is 0 Å². The van der Waals surface area contributed by atoms with E-state index in [1.807, 2.05) is 37.3 Å². The first kappa shape index (κ1) is 19.1. The highest BCUT2D eigenvalue weighted by Gasteiger charge is 2.23. The number of benzene rings is 2. The van der Waals surface area contributed by atoms with Crippen molar-refractivity contribution in [1.29, 1.82) is 0 Å². The topological polar surface area (TPSA) is 72.5 Å². The minimum atomic E-state index is -3.61. The van der Waals surface area contributed by atoms with Gasteiger partial charge in [-0.1, -0.05) is 60.2 Å². The lowest BCUT2D eigenvalue weighted by Crippen LogP contribution is -2.31. The van der Waals surface area contributed by atoms with E-state index in [9.17, 15) is 13.2 Å². The average molecular weight is 361 g/mol. The van der Waals surface area contributed by atoms with E-state index in [4.69, 9.17) is 4.74 Å². The fourth-order valence-corrected chi connectivity index (χ4v) is 3.83. The summed E-state index contributed by atoms with van der Waals surface area (Å²) < 4.78 is 32.7. The molecular weight excluding hydrogens is 338 g/mol. The molecule has 0 saturated carbocycles. The van der Waals surface area contributed by atoms with Crippen LogP contribution in [0.2, 0.25) is 0 Å². The fourth-order valence-electron chi connectivity index (χ4n) is 2.46. The molecule has 0 unspecified atom stereocenters. The molecule has 134 valence electrons. The molecule has 2 aromatic rings. The van der Waals surface area contributed by atoms with Gasteiger partial charge < -0.3 is 4.74 Å². The van der Waals surface area contributed by atoms with E-state index < -0.39 is 22.0 Å². The predicted octanol–water partition coefficient (Wildman–Crippen LogP) is 3.11. The number of sulfonamides is 1. The number of ether oxygens (including phenoxy) is 1. The molecule has 6 heteroatoms. The first-order valence-corrected chi connectivity index (χ1v) is 9.81. The van der Waals surface area contributed by atoms with E-state index in [0.29, 0.717) is 5.56 Å². The molecule has 2 aromatic carbocycles. The largest absolute Gasteiger partial charge is 0.466 e. The summed E-state index contributed by atoms with van der Waals surface area (Å²) in [6.45, 7) is 3.93. The third-order valence-corrected chi connectivity index (χ3v) is 5.03. The van der Waals surface area contributed by atoms with Crippen LogP contribution in [0.15, 0.2) is 54.6 Å². The second kappa shape index (κ2) is 8.78. The third-order valence-electron chi connectivity index (χ3n) is 3.68. The summed E-state index contributed by atoms with van der Waals surface area (Å²) in [5, 5.41) is 0. The fraction of sp³-hybridized carbons (Fsp3) is 0.316. The first-order chi connectivity index (χ1) is 11.9. The number of rotatable bonds is 8. The molecule has 0 spiro atoms. The highest BCUT2D eigenvalue weighted by molar-refractivity contribution is 7.88. The minimum Gasteiger partial charge on any atom is -0.466 e. The van der Waals surface area contributed by atoms with E-state index in [0.717, 1.165) is 11.1 Å². The van der Waals surface area contributed by atoms with Crippen LogP contribution in [-0.2, 0) is 25.3 Å². The molecule has 0 radical (unpaired) electrons. The van der Waals surface area contributed by atoms with Gasteiger partial charge in [0.15, 0.2) is 0 Å². The van der Waals surface area contributed by atoms with Gasteiger partial charge >= 0.3 is 5.97 Å². The van der Waals surface area contributed by atoms with Crippen molar-refractivity contribution in [3.8, 4) is 0 Å². The Bertz CT molecular complexity index is 786. The van der Waals surface area contributed by atoms with Crippen LogP contribution in [0, 0.1) is 6.92 Å². The van der Waals surface area contributed by atoms with Crippen molar-refractivity contribution in [2.75, 3.05) is 6.61 Å². The number of carbonyl (C=O) groups is 1. The molecule has 0 aliphatic rings. The van der Waals surface area contributed by atoms with Crippen molar-refractivity contribution in [3.05, 3.63) is 71.3 Å². The molecule has 0 aliphatic carbocycles. The molecule has 0 heterocycles. The van der Waals surface area contributed by atoms with E-state index >= 15 is 0 Å². The van der Waals surface area contributed by atoms with Crippen molar-refractivity contribution in [1.82, 2.24) is 4.72 Å². The SMILES string of the molecule is CCOC(=O)C[C@H](NS(=O)(=O)Cc1ccccc1)c1ccc(C)cc1. The van der Waals surface area contributed by atoms with Gasteiger partial charge in [-0.15, -0.1) is 0 Å². The summed E-state index contributed by atoms with van der Waals surface area (Å²) in [6.07, 6.45) is -0.0507. The molecule has 1 N–H and O–H groups in total. The number of esters is 1. The number of hydrogen-bond acceptors (Lipinski definition) is 4. The second-order valence-corrected chi connectivity index (χ2v) is 7.59. The number of carbonyl (C=O) groups excluding carboxylic acids is 1. The van der Waals surface area contributed by atoms with Crippen molar-refractivity contribution in [3.63, 3.8) is 0 Å². The van der Waals surface area contributed by atoms with E-state index in [1.165, 1.54) is 0 Å². The molecule has 5 nitrogen and oxygen atoms in total. The van der Waals surface area contributed by atoms with Gasteiger partial charge in [-0.3, -0.25) is 4.79 Å². The maximum atomic E-state index is 12.5. The van der Waals surface area contributed by atoms with Crippen LogP contribution >= 0.6 is 0 Å². The van der Waals surface area contributed by atoms with Crippen LogP contribution in [0.4, 0.5) is 0 Å². The van der Waals surface area contributed by atoms with Crippen LogP contribution in [-0.4, -0.2) is 21.0 Å². The van der Waals surface area contributed by atoms with Crippen molar-refractivity contribution in [2.24, 2.45) is 0 Å². The molecule has 0 amide bonds. The lowest BCUT2D eigenvalue weighted by molar-refractivity contribution is -0.143. The molecule has 0 aromatic heterocycles. The molecule has 25 heavy (non-hydrogen) atoms. The summed E-state index contributed by atoms with van der Waals surface area (Å²) in [6, 6.07) is 15.7. The van der Waals surface area contributed by atoms with Crippen molar-refractivity contribution in [2.45, 2.75) is 32.1 Å². The smallest absolute Gasteiger partial charge is 0.307 e. The Morgan fingerprint density at radius 2 is 1.72 bits per heavy atom. The summed E-state index contributed by atoms with van der Waals surface area (Å²) >= 11 is 0. The maximum Gasteiger partial charge on any atom is 0.307 e. The minimum absolute atomic E-state index is 0.0507. The van der Waals surface area contributed by atoms with Gasteiger partial charge in [-0.05, 0) is 25.0 Å². The highest BCUT2D eigenvalue weighted by atomic mass is 32.2. The Hall–Kier alpha value is -2.18. The van der Waals surface area contributed by atoms with E-state index in [1.54, 1.807) is 31.2 Å². The summed E-state index contributed by atoms with van der Waals surface area (Å²) in [5.74, 6) is -0.575. The molecule has 0 fully saturated rings. The number of hydrogen-bond donors (Lipinski definition) is 1. The molecule has 2 rings (SSSR count). The quantitative estimate of drug-likeness (QED) is 0.733. The summed E-state index contributed by atoms with van der Waals surface area (Å²) in [4.78, 5) is 11.9. The summed E-state index contributed by atoms with van der Waals surface area (Å²) in [5.41, 5.74) is 2.48. The van der Waals surface area contributed by atoms with Gasteiger partial charge in [-0.25, -0.2) is 13.1 Å². The Balaban J connectivity index is 2.19. The van der Waals surface area contributed by atoms with Crippen LogP contribution < -0.4 is 4.72 Å². The standard InChI is InChI=1S/C19H23NO4S/c1-3-24-19(21)13-18(17-11-9-15(2)10-12-17)20-25(22,23)14-16-7-5-4-6-8-16/h4-12,18,20H,3,13-14H2,1-2H3/t18-/m0/s1. The summed E-state index contributed by atoms with van der Waals surface area (Å²) in [7, 11) is -3.61. The van der Waals surface area contributed by atoms with Gasteiger partial charge in [0.05, 0.1) is 24.8 Å². The van der Waals surface area contributed by atoms with Crippen LogP contribution in [0.1, 0.15) is 36.1 Å². The first-order valence-electron chi connectivity index (χ1n) is 8.15. The number of nitrogens with one attached hydrogen (secondary N) is 1. The molecule has 0 bridgehead atoms. The molecule has 0 saturated heterocycles. The lowest BCUT2D eigenvalue weighted by atomic mass is 10.0. The van der Waals surface area contributed by atoms with Crippen LogP contribution in [0.25, 0.3) is 0 Å². The Morgan fingerprint density at radius 3 is 2.32 bits per heavy atom.